The van der Waals surface area contributed by atoms with Crippen LogP contribution in [0.25, 0.3) is 11.0 Å². The average molecular weight is 392 g/mol. The number of rotatable bonds is 4. The van der Waals surface area contributed by atoms with Gasteiger partial charge in [-0.25, -0.2) is 0 Å². The molecule has 0 aliphatic carbocycles. The zero-order valence-corrected chi connectivity index (χ0v) is 17.6. The van der Waals surface area contributed by atoms with E-state index in [4.69, 9.17) is 9.15 Å². The number of fused-ring (bicyclic) bond motifs is 1. The molecule has 0 unspecified atom stereocenters. The molecule has 0 saturated carbocycles. The summed E-state index contributed by atoms with van der Waals surface area (Å²) >= 11 is 0. The standard InChI is InChI=1S/C24H28N2O3/c1-16-5-6-17(2)22-21(16)18(3)23(29-22)24(27)25(4)15-19-7-9-20(10-8-19)26-11-13-28-14-12-26/h5-10H,11-15H2,1-4H3. The Kier molecular flexibility index (Phi) is 5.33. The highest BCUT2D eigenvalue weighted by atomic mass is 16.5. The molecule has 2 heterocycles. The van der Waals surface area contributed by atoms with Crippen molar-refractivity contribution >= 4 is 22.6 Å². The van der Waals surface area contributed by atoms with Crippen LogP contribution >= 0.6 is 0 Å². The van der Waals surface area contributed by atoms with Crippen LogP contribution in [0.1, 0.15) is 32.8 Å². The van der Waals surface area contributed by atoms with Crippen LogP contribution in [0.15, 0.2) is 40.8 Å². The Morgan fingerprint density at radius 2 is 1.66 bits per heavy atom. The van der Waals surface area contributed by atoms with Gasteiger partial charge >= 0.3 is 0 Å². The molecule has 1 amide bonds. The molecule has 0 atom stereocenters. The van der Waals surface area contributed by atoms with E-state index in [1.165, 1.54) is 5.69 Å². The Labute approximate surface area is 171 Å². The summed E-state index contributed by atoms with van der Waals surface area (Å²) in [5.74, 6) is 0.347. The lowest BCUT2D eigenvalue weighted by atomic mass is 10.0. The van der Waals surface area contributed by atoms with Crippen molar-refractivity contribution in [1.29, 1.82) is 0 Å². The van der Waals surface area contributed by atoms with Gasteiger partial charge in [0.25, 0.3) is 5.91 Å². The second-order valence-corrected chi connectivity index (χ2v) is 7.89. The fourth-order valence-corrected chi connectivity index (χ4v) is 4.03. The van der Waals surface area contributed by atoms with Crippen molar-refractivity contribution in [3.63, 3.8) is 0 Å². The Balaban J connectivity index is 1.51. The third kappa shape index (κ3) is 3.75. The van der Waals surface area contributed by atoms with Crippen LogP contribution in [-0.2, 0) is 11.3 Å². The van der Waals surface area contributed by atoms with Crippen LogP contribution in [0.3, 0.4) is 0 Å². The van der Waals surface area contributed by atoms with Gasteiger partial charge < -0.3 is 19.0 Å². The highest BCUT2D eigenvalue weighted by Crippen LogP contribution is 2.31. The normalized spacial score (nSPS) is 14.4. The average Bonchev–Trinajstić information content (AvgIpc) is 3.10. The fraction of sp³-hybridized carbons (Fsp3) is 0.375. The maximum atomic E-state index is 13.1. The third-order valence-electron chi connectivity index (χ3n) is 5.76. The Hall–Kier alpha value is -2.79. The molecule has 2 aromatic carbocycles. The van der Waals surface area contributed by atoms with Crippen LogP contribution in [-0.4, -0.2) is 44.2 Å². The summed E-state index contributed by atoms with van der Waals surface area (Å²) in [5.41, 5.74) is 6.21. The highest BCUT2D eigenvalue weighted by Gasteiger charge is 2.23. The van der Waals surface area contributed by atoms with Crippen molar-refractivity contribution in [2.24, 2.45) is 0 Å². The lowest BCUT2D eigenvalue weighted by Gasteiger charge is -2.29. The summed E-state index contributed by atoms with van der Waals surface area (Å²) in [6.45, 7) is 9.96. The molecule has 0 N–H and O–H groups in total. The molecule has 0 radical (unpaired) electrons. The molecule has 4 rings (SSSR count). The molecular formula is C24H28N2O3. The minimum atomic E-state index is -0.0882. The summed E-state index contributed by atoms with van der Waals surface area (Å²) in [6, 6.07) is 12.5. The fourth-order valence-electron chi connectivity index (χ4n) is 4.03. The van der Waals surface area contributed by atoms with Gasteiger partial charge in [0, 0.05) is 43.3 Å². The Bertz CT molecular complexity index is 1030. The minimum absolute atomic E-state index is 0.0882. The van der Waals surface area contributed by atoms with Crippen LogP contribution < -0.4 is 4.90 Å². The van der Waals surface area contributed by atoms with Gasteiger partial charge in [-0.15, -0.1) is 0 Å². The van der Waals surface area contributed by atoms with E-state index < -0.39 is 0 Å². The van der Waals surface area contributed by atoms with Crippen molar-refractivity contribution in [1.82, 2.24) is 4.90 Å². The smallest absolute Gasteiger partial charge is 0.289 e. The van der Waals surface area contributed by atoms with Gasteiger partial charge in [0.1, 0.15) is 5.58 Å². The Morgan fingerprint density at radius 3 is 2.31 bits per heavy atom. The maximum absolute atomic E-state index is 13.1. The molecule has 1 aliphatic heterocycles. The second kappa shape index (κ2) is 7.91. The molecule has 5 heteroatoms. The molecule has 1 saturated heterocycles. The quantitative estimate of drug-likeness (QED) is 0.657. The van der Waals surface area contributed by atoms with E-state index in [0.717, 1.165) is 59.5 Å². The number of ether oxygens (including phenoxy) is 1. The number of aryl methyl sites for hydroxylation is 3. The first-order valence-corrected chi connectivity index (χ1v) is 10.1. The van der Waals surface area contributed by atoms with E-state index in [0.29, 0.717) is 12.3 Å². The lowest BCUT2D eigenvalue weighted by molar-refractivity contribution is 0.0755. The monoisotopic (exact) mass is 392 g/mol. The van der Waals surface area contributed by atoms with E-state index in [9.17, 15) is 4.79 Å². The van der Waals surface area contributed by atoms with Crippen molar-refractivity contribution in [3.05, 3.63) is 64.4 Å². The van der Waals surface area contributed by atoms with E-state index in [-0.39, 0.29) is 5.91 Å². The summed E-state index contributed by atoms with van der Waals surface area (Å²) in [6.07, 6.45) is 0. The molecule has 3 aromatic rings. The highest BCUT2D eigenvalue weighted by molar-refractivity contribution is 6.00. The first-order chi connectivity index (χ1) is 14.0. The van der Waals surface area contributed by atoms with Gasteiger partial charge in [0.15, 0.2) is 5.76 Å². The summed E-state index contributed by atoms with van der Waals surface area (Å²) in [7, 11) is 1.82. The number of carbonyl (C=O) groups excluding carboxylic acids is 1. The van der Waals surface area contributed by atoms with Crippen molar-refractivity contribution in [2.75, 3.05) is 38.3 Å². The number of benzene rings is 2. The minimum Gasteiger partial charge on any atom is -0.450 e. The lowest BCUT2D eigenvalue weighted by Crippen LogP contribution is -2.36. The number of nitrogens with zero attached hydrogens (tertiary/aromatic N) is 2. The van der Waals surface area contributed by atoms with E-state index in [1.54, 1.807) is 4.90 Å². The number of carbonyl (C=O) groups is 1. The van der Waals surface area contributed by atoms with Gasteiger partial charge in [-0.2, -0.15) is 0 Å². The number of hydrogen-bond acceptors (Lipinski definition) is 4. The van der Waals surface area contributed by atoms with E-state index in [2.05, 4.69) is 42.2 Å². The van der Waals surface area contributed by atoms with E-state index in [1.807, 2.05) is 27.0 Å². The summed E-state index contributed by atoms with van der Waals surface area (Å²) < 4.78 is 11.4. The molecule has 1 aromatic heterocycles. The largest absolute Gasteiger partial charge is 0.450 e. The molecule has 0 spiro atoms. The molecule has 152 valence electrons. The molecule has 5 nitrogen and oxygen atoms in total. The number of anilines is 1. The van der Waals surface area contributed by atoms with E-state index >= 15 is 0 Å². The summed E-state index contributed by atoms with van der Waals surface area (Å²) in [5, 5.41) is 1.05. The molecule has 0 bridgehead atoms. The molecule has 1 fully saturated rings. The van der Waals surface area contributed by atoms with Gasteiger partial charge in [-0.1, -0.05) is 24.3 Å². The number of amides is 1. The summed E-state index contributed by atoms with van der Waals surface area (Å²) in [4.78, 5) is 17.1. The number of morpholine rings is 1. The zero-order valence-electron chi connectivity index (χ0n) is 17.6. The first-order valence-electron chi connectivity index (χ1n) is 10.1. The predicted molar refractivity (Wildman–Crippen MR) is 116 cm³/mol. The van der Waals surface area contributed by atoms with Gasteiger partial charge in [0.05, 0.1) is 13.2 Å². The number of furan rings is 1. The van der Waals surface area contributed by atoms with Crippen molar-refractivity contribution in [2.45, 2.75) is 27.3 Å². The molecule has 1 aliphatic rings. The van der Waals surface area contributed by atoms with Crippen LogP contribution in [0.2, 0.25) is 0 Å². The van der Waals surface area contributed by atoms with Crippen LogP contribution in [0, 0.1) is 20.8 Å². The zero-order chi connectivity index (χ0) is 20.5. The topological polar surface area (TPSA) is 45.9 Å². The first kappa shape index (κ1) is 19.5. The van der Waals surface area contributed by atoms with Crippen molar-refractivity contribution < 1.29 is 13.9 Å². The van der Waals surface area contributed by atoms with Gasteiger partial charge in [0.2, 0.25) is 0 Å². The molecular weight excluding hydrogens is 364 g/mol. The van der Waals surface area contributed by atoms with Gasteiger partial charge in [-0.05, 0) is 49.6 Å². The predicted octanol–water partition coefficient (Wildman–Crippen LogP) is 4.47. The van der Waals surface area contributed by atoms with Crippen LogP contribution in [0.5, 0.6) is 0 Å². The SMILES string of the molecule is Cc1ccc(C)c2c(C)c(C(=O)N(C)Cc3ccc(N4CCOCC4)cc3)oc12. The van der Waals surface area contributed by atoms with Crippen molar-refractivity contribution in [3.8, 4) is 0 Å². The third-order valence-corrected chi connectivity index (χ3v) is 5.76. The molecule has 29 heavy (non-hydrogen) atoms. The second-order valence-electron chi connectivity index (χ2n) is 7.89. The number of hydrogen-bond donors (Lipinski definition) is 0. The Morgan fingerprint density at radius 1 is 1.00 bits per heavy atom. The maximum Gasteiger partial charge on any atom is 0.289 e. The van der Waals surface area contributed by atoms with Gasteiger partial charge in [-0.3, -0.25) is 4.79 Å². The van der Waals surface area contributed by atoms with Crippen LogP contribution in [0.4, 0.5) is 5.69 Å².